The van der Waals surface area contributed by atoms with Crippen LogP contribution in [0, 0.1) is 11.3 Å². The first-order valence-electron chi connectivity index (χ1n) is 10.9. The summed E-state index contributed by atoms with van der Waals surface area (Å²) in [6, 6.07) is 10.8. The summed E-state index contributed by atoms with van der Waals surface area (Å²) in [6.07, 6.45) is 5.83. The number of hydrogen-bond acceptors (Lipinski definition) is 6. The maximum atomic E-state index is 13.2. The highest BCUT2D eigenvalue weighted by Gasteiger charge is 2.22. The highest BCUT2D eigenvalue weighted by Crippen LogP contribution is 2.24. The van der Waals surface area contributed by atoms with Gasteiger partial charge in [-0.3, -0.25) is 14.2 Å². The van der Waals surface area contributed by atoms with Crippen molar-refractivity contribution in [1.29, 1.82) is 5.41 Å². The van der Waals surface area contributed by atoms with Crippen molar-refractivity contribution >= 4 is 46.8 Å². The predicted octanol–water partition coefficient (Wildman–Crippen LogP) is 4.09. The largest absolute Gasteiger partial charge is 0.380 e. The van der Waals surface area contributed by atoms with Gasteiger partial charge in [-0.05, 0) is 30.5 Å². The predicted molar refractivity (Wildman–Crippen MR) is 136 cm³/mol. The van der Waals surface area contributed by atoms with E-state index in [1.54, 1.807) is 24.4 Å². The normalized spacial score (nSPS) is 15.5. The molecule has 1 unspecified atom stereocenters. The Morgan fingerprint density at radius 1 is 1.18 bits per heavy atom. The van der Waals surface area contributed by atoms with Crippen molar-refractivity contribution in [2.75, 3.05) is 23.7 Å². The third-order valence-electron chi connectivity index (χ3n) is 5.72. The van der Waals surface area contributed by atoms with Crippen molar-refractivity contribution in [1.82, 2.24) is 14.9 Å². The van der Waals surface area contributed by atoms with Crippen molar-refractivity contribution in [3.63, 3.8) is 0 Å². The standard InChI is InChI=1S/C24H24Cl2N6O2/c25-18-6-2-1-4-15(18)12-29-20-7-9-32(24(34)17(20)11-27)21-10-22(31-14-19(21)26)30-13-16-5-3-8-28-23(16)33/h1-2,4,6-7,9-11,14,16,27,29H,3,5,8,12-13H2,(H,28,33)(H,30,31). The number of nitrogens with zero attached hydrogens (tertiary/aromatic N) is 2. The highest BCUT2D eigenvalue weighted by atomic mass is 35.5. The molecule has 1 aliphatic rings. The number of anilines is 2. The minimum Gasteiger partial charge on any atom is -0.380 e. The van der Waals surface area contributed by atoms with Crippen molar-refractivity contribution in [3.05, 3.63) is 80.3 Å². The maximum Gasteiger partial charge on any atom is 0.266 e. The average molecular weight is 499 g/mol. The number of hydrogen-bond donors (Lipinski definition) is 4. The Kier molecular flexibility index (Phi) is 7.49. The van der Waals surface area contributed by atoms with Crippen LogP contribution in [-0.4, -0.2) is 34.8 Å². The van der Waals surface area contributed by atoms with Gasteiger partial charge in [0.1, 0.15) is 5.82 Å². The fourth-order valence-electron chi connectivity index (χ4n) is 3.83. The summed E-state index contributed by atoms with van der Waals surface area (Å²) in [5.41, 5.74) is 1.62. The van der Waals surface area contributed by atoms with Crippen molar-refractivity contribution < 1.29 is 4.79 Å². The molecule has 3 heterocycles. The Morgan fingerprint density at radius 2 is 2.00 bits per heavy atom. The molecule has 1 aromatic carbocycles. The molecule has 2 aromatic heterocycles. The number of rotatable bonds is 8. The first-order chi connectivity index (χ1) is 16.5. The van der Waals surface area contributed by atoms with E-state index < -0.39 is 5.56 Å². The zero-order chi connectivity index (χ0) is 24.1. The maximum absolute atomic E-state index is 13.2. The van der Waals surface area contributed by atoms with Crippen molar-refractivity contribution in [3.8, 4) is 5.69 Å². The van der Waals surface area contributed by atoms with E-state index >= 15 is 0 Å². The molecule has 176 valence electrons. The van der Waals surface area contributed by atoms with Crippen LogP contribution in [0.5, 0.6) is 0 Å². The molecule has 8 nitrogen and oxygen atoms in total. The van der Waals surface area contributed by atoms with Gasteiger partial charge in [-0.25, -0.2) is 4.98 Å². The van der Waals surface area contributed by atoms with E-state index in [1.165, 1.54) is 10.8 Å². The van der Waals surface area contributed by atoms with Gasteiger partial charge in [-0.2, -0.15) is 0 Å². The van der Waals surface area contributed by atoms with Crippen LogP contribution in [0.2, 0.25) is 10.0 Å². The zero-order valence-electron chi connectivity index (χ0n) is 18.3. The second-order valence-electron chi connectivity index (χ2n) is 7.94. The Hall–Kier alpha value is -3.36. The lowest BCUT2D eigenvalue weighted by atomic mass is 9.99. The monoisotopic (exact) mass is 498 g/mol. The molecule has 1 fully saturated rings. The fourth-order valence-corrected chi connectivity index (χ4v) is 4.23. The molecule has 34 heavy (non-hydrogen) atoms. The van der Waals surface area contributed by atoms with Crippen LogP contribution in [0.1, 0.15) is 24.0 Å². The molecule has 0 saturated carbocycles. The fraction of sp³-hybridized carbons (Fsp3) is 0.250. The molecule has 0 radical (unpaired) electrons. The summed E-state index contributed by atoms with van der Waals surface area (Å²) in [7, 11) is 0. The molecule has 0 spiro atoms. The molecule has 4 rings (SSSR count). The van der Waals surface area contributed by atoms with Crippen LogP contribution in [0.25, 0.3) is 5.69 Å². The van der Waals surface area contributed by atoms with Gasteiger partial charge in [0.15, 0.2) is 0 Å². The van der Waals surface area contributed by atoms with Crippen LogP contribution >= 0.6 is 23.2 Å². The number of carbonyl (C=O) groups excluding carboxylic acids is 1. The second kappa shape index (κ2) is 10.7. The minimum atomic E-state index is -0.398. The summed E-state index contributed by atoms with van der Waals surface area (Å²) in [5, 5.41) is 17.9. The van der Waals surface area contributed by atoms with Gasteiger partial charge in [0.2, 0.25) is 5.91 Å². The van der Waals surface area contributed by atoms with E-state index in [9.17, 15) is 9.59 Å². The van der Waals surface area contributed by atoms with Gasteiger partial charge in [0.25, 0.3) is 5.56 Å². The summed E-state index contributed by atoms with van der Waals surface area (Å²) in [4.78, 5) is 29.5. The molecule has 4 N–H and O–H groups in total. The van der Waals surface area contributed by atoms with Crippen LogP contribution in [0.15, 0.2) is 53.6 Å². The van der Waals surface area contributed by atoms with Gasteiger partial charge < -0.3 is 21.4 Å². The Labute approximate surface area is 206 Å². The lowest BCUT2D eigenvalue weighted by Gasteiger charge is -2.22. The lowest BCUT2D eigenvalue weighted by Crippen LogP contribution is -2.39. The lowest BCUT2D eigenvalue weighted by molar-refractivity contribution is -0.126. The highest BCUT2D eigenvalue weighted by molar-refractivity contribution is 6.32. The van der Waals surface area contributed by atoms with Crippen LogP contribution in [-0.2, 0) is 11.3 Å². The molecule has 0 bridgehead atoms. The number of piperidine rings is 1. The molecule has 10 heteroatoms. The van der Waals surface area contributed by atoms with E-state index in [4.69, 9.17) is 28.6 Å². The number of benzene rings is 1. The van der Waals surface area contributed by atoms with Gasteiger partial charge in [-0.1, -0.05) is 41.4 Å². The number of aromatic nitrogens is 2. The smallest absolute Gasteiger partial charge is 0.266 e. The number of nitrogens with one attached hydrogen (secondary N) is 4. The third kappa shape index (κ3) is 5.24. The molecule has 3 aromatic rings. The van der Waals surface area contributed by atoms with E-state index in [-0.39, 0.29) is 22.4 Å². The SMILES string of the molecule is N=Cc1c(NCc2ccccc2Cl)ccn(-c2cc(NCC3CCCNC3=O)ncc2Cl)c1=O. The Bertz CT molecular complexity index is 1280. The van der Waals surface area contributed by atoms with Crippen LogP contribution < -0.4 is 21.5 Å². The molecule has 1 aliphatic heterocycles. The summed E-state index contributed by atoms with van der Waals surface area (Å²) in [5.74, 6) is 0.395. The number of halogens is 2. The molecule has 1 atom stereocenters. The first kappa shape index (κ1) is 23.8. The average Bonchev–Trinajstić information content (AvgIpc) is 2.84. The number of carbonyl (C=O) groups is 1. The first-order valence-corrected chi connectivity index (χ1v) is 11.6. The van der Waals surface area contributed by atoms with Crippen molar-refractivity contribution in [2.24, 2.45) is 5.92 Å². The van der Waals surface area contributed by atoms with Gasteiger partial charge in [-0.15, -0.1) is 0 Å². The molecule has 1 saturated heterocycles. The molecular weight excluding hydrogens is 475 g/mol. The Morgan fingerprint density at radius 3 is 2.76 bits per heavy atom. The van der Waals surface area contributed by atoms with E-state index in [1.807, 2.05) is 18.2 Å². The molecule has 1 amide bonds. The topological polar surface area (TPSA) is 112 Å². The quantitative estimate of drug-likeness (QED) is 0.349. The zero-order valence-corrected chi connectivity index (χ0v) is 19.8. The molecular formula is C24H24Cl2N6O2. The molecule has 0 aliphatic carbocycles. The third-order valence-corrected chi connectivity index (χ3v) is 6.38. The van der Waals surface area contributed by atoms with E-state index in [0.717, 1.165) is 24.6 Å². The second-order valence-corrected chi connectivity index (χ2v) is 8.75. The summed E-state index contributed by atoms with van der Waals surface area (Å²) in [6.45, 7) is 1.55. The van der Waals surface area contributed by atoms with Crippen LogP contribution in [0.3, 0.4) is 0 Å². The van der Waals surface area contributed by atoms with E-state index in [2.05, 4.69) is 20.9 Å². The summed E-state index contributed by atoms with van der Waals surface area (Å²) < 4.78 is 1.38. The number of pyridine rings is 2. The van der Waals surface area contributed by atoms with Gasteiger partial charge >= 0.3 is 0 Å². The Balaban J connectivity index is 1.57. The van der Waals surface area contributed by atoms with Gasteiger partial charge in [0.05, 0.1) is 34.1 Å². The number of amides is 1. The van der Waals surface area contributed by atoms with Crippen molar-refractivity contribution in [2.45, 2.75) is 19.4 Å². The minimum absolute atomic E-state index is 0.0275. The van der Waals surface area contributed by atoms with Gasteiger partial charge in [0, 0.05) is 43.1 Å². The van der Waals surface area contributed by atoms with E-state index in [0.29, 0.717) is 41.8 Å². The van der Waals surface area contributed by atoms with Crippen LogP contribution in [0.4, 0.5) is 11.5 Å². The summed E-state index contributed by atoms with van der Waals surface area (Å²) >= 11 is 12.6.